The van der Waals surface area contributed by atoms with Gasteiger partial charge in [-0.15, -0.1) is 24.0 Å². The van der Waals surface area contributed by atoms with E-state index >= 15 is 0 Å². The van der Waals surface area contributed by atoms with Gasteiger partial charge in [0.05, 0.1) is 25.2 Å². The predicted molar refractivity (Wildman–Crippen MR) is 132 cm³/mol. The van der Waals surface area contributed by atoms with Crippen LogP contribution in [0.25, 0.3) is 0 Å². The molecule has 3 aliphatic rings. The van der Waals surface area contributed by atoms with Gasteiger partial charge in [0, 0.05) is 67.0 Å². The molecule has 3 fully saturated rings. The normalized spacial score (nSPS) is 22.1. The van der Waals surface area contributed by atoms with Crippen molar-refractivity contribution in [3.63, 3.8) is 0 Å². The lowest BCUT2D eigenvalue weighted by atomic mass is 9.84. The molecule has 1 saturated carbocycles. The average Bonchev–Trinajstić information content (AvgIpc) is 3.25. The van der Waals surface area contributed by atoms with Gasteiger partial charge in [0.15, 0.2) is 5.96 Å². The highest BCUT2D eigenvalue weighted by Crippen LogP contribution is 2.39. The fourth-order valence-corrected chi connectivity index (χ4v) is 4.79. The number of ether oxygens (including phenoxy) is 1. The summed E-state index contributed by atoms with van der Waals surface area (Å²) in [6.07, 6.45) is 4.09. The summed E-state index contributed by atoms with van der Waals surface area (Å²) in [4.78, 5) is 37.8. The molecule has 0 bridgehead atoms. The van der Waals surface area contributed by atoms with Crippen LogP contribution in [0.1, 0.15) is 25.7 Å². The topological polar surface area (TPSA) is 80.7 Å². The van der Waals surface area contributed by atoms with Gasteiger partial charge in [-0.25, -0.2) is 0 Å². The SMILES string of the molecule is CN=C(NCC1(C(=O)N(C)C)CCCC1)N1CCN(CC(=O)N2CCOCC2)CC1.I. The summed E-state index contributed by atoms with van der Waals surface area (Å²) in [7, 11) is 5.48. The molecule has 10 heteroatoms. The Hall–Kier alpha value is -1.14. The van der Waals surface area contributed by atoms with Crippen molar-refractivity contribution < 1.29 is 14.3 Å². The molecule has 178 valence electrons. The molecule has 0 aromatic heterocycles. The average molecular weight is 550 g/mol. The monoisotopic (exact) mass is 550 g/mol. The van der Waals surface area contributed by atoms with Crippen molar-refractivity contribution in [3.05, 3.63) is 0 Å². The Morgan fingerprint density at radius 2 is 1.61 bits per heavy atom. The largest absolute Gasteiger partial charge is 0.378 e. The zero-order valence-corrected chi connectivity index (χ0v) is 21.6. The maximum Gasteiger partial charge on any atom is 0.236 e. The molecule has 3 rings (SSSR count). The maximum atomic E-state index is 12.8. The van der Waals surface area contributed by atoms with E-state index in [4.69, 9.17) is 4.74 Å². The molecule has 2 aliphatic heterocycles. The van der Waals surface area contributed by atoms with E-state index in [9.17, 15) is 9.59 Å². The summed E-state index contributed by atoms with van der Waals surface area (Å²) in [6.45, 7) is 7.09. The van der Waals surface area contributed by atoms with Gasteiger partial charge in [0.1, 0.15) is 0 Å². The maximum absolute atomic E-state index is 12.8. The number of hydrogen-bond donors (Lipinski definition) is 1. The molecular weight excluding hydrogens is 511 g/mol. The zero-order valence-electron chi connectivity index (χ0n) is 19.3. The summed E-state index contributed by atoms with van der Waals surface area (Å²) >= 11 is 0. The number of amides is 2. The smallest absolute Gasteiger partial charge is 0.236 e. The Morgan fingerprint density at radius 3 is 2.16 bits per heavy atom. The second-order valence-corrected chi connectivity index (χ2v) is 8.84. The standard InChI is InChI=1S/C21H38N6O3.HI/c1-22-20(23-17-21(6-4-5-7-21)19(29)24(2)3)27-10-8-25(9-11-27)16-18(28)26-12-14-30-15-13-26;/h4-17H2,1-3H3,(H,22,23);1H. The van der Waals surface area contributed by atoms with Crippen LogP contribution in [0.4, 0.5) is 0 Å². The van der Waals surface area contributed by atoms with Crippen molar-refractivity contribution in [3.8, 4) is 0 Å². The first kappa shape index (κ1) is 26.1. The second-order valence-electron chi connectivity index (χ2n) is 8.84. The van der Waals surface area contributed by atoms with Gasteiger partial charge in [-0.05, 0) is 12.8 Å². The van der Waals surface area contributed by atoms with E-state index in [1.807, 2.05) is 19.0 Å². The van der Waals surface area contributed by atoms with Crippen LogP contribution in [0.15, 0.2) is 4.99 Å². The first-order chi connectivity index (χ1) is 14.4. The molecule has 1 N–H and O–H groups in total. The molecule has 9 nitrogen and oxygen atoms in total. The molecule has 31 heavy (non-hydrogen) atoms. The Labute approximate surface area is 203 Å². The number of halogens is 1. The summed E-state index contributed by atoms with van der Waals surface area (Å²) in [6, 6.07) is 0. The lowest BCUT2D eigenvalue weighted by Gasteiger charge is -2.38. The van der Waals surface area contributed by atoms with E-state index in [-0.39, 0.29) is 41.2 Å². The van der Waals surface area contributed by atoms with Gasteiger partial charge in [-0.2, -0.15) is 0 Å². The number of piperazine rings is 1. The number of hydrogen-bond acceptors (Lipinski definition) is 5. The zero-order chi connectivity index (χ0) is 21.6. The van der Waals surface area contributed by atoms with Crippen LogP contribution < -0.4 is 5.32 Å². The number of nitrogens with zero attached hydrogens (tertiary/aromatic N) is 5. The molecule has 0 unspecified atom stereocenters. The first-order valence-electron chi connectivity index (χ1n) is 11.2. The van der Waals surface area contributed by atoms with Gasteiger partial charge in [-0.3, -0.25) is 19.5 Å². The van der Waals surface area contributed by atoms with E-state index in [0.717, 1.165) is 57.8 Å². The minimum Gasteiger partial charge on any atom is -0.378 e. The van der Waals surface area contributed by atoms with Gasteiger partial charge < -0.3 is 24.8 Å². The first-order valence-corrected chi connectivity index (χ1v) is 11.2. The van der Waals surface area contributed by atoms with Crippen molar-refractivity contribution in [2.24, 2.45) is 10.4 Å². The molecule has 0 spiro atoms. The van der Waals surface area contributed by atoms with Gasteiger partial charge >= 0.3 is 0 Å². The van der Waals surface area contributed by atoms with E-state index in [0.29, 0.717) is 39.4 Å². The Morgan fingerprint density at radius 1 is 1.00 bits per heavy atom. The highest BCUT2D eigenvalue weighted by molar-refractivity contribution is 14.0. The lowest BCUT2D eigenvalue weighted by molar-refractivity contribution is -0.139. The van der Waals surface area contributed by atoms with E-state index in [1.54, 1.807) is 11.9 Å². The number of rotatable bonds is 5. The molecule has 1 aliphatic carbocycles. The third-order valence-corrected chi connectivity index (χ3v) is 6.61. The van der Waals surface area contributed by atoms with Gasteiger partial charge in [0.2, 0.25) is 11.8 Å². The van der Waals surface area contributed by atoms with Crippen LogP contribution >= 0.6 is 24.0 Å². The van der Waals surface area contributed by atoms with Crippen LogP contribution in [0.5, 0.6) is 0 Å². The lowest BCUT2D eigenvalue weighted by Crippen LogP contribution is -2.56. The number of guanidine groups is 1. The number of aliphatic imine (C=N–C) groups is 1. The summed E-state index contributed by atoms with van der Waals surface area (Å²) in [5.41, 5.74) is -0.314. The Balaban J connectivity index is 0.00000341. The molecule has 0 radical (unpaired) electrons. The number of nitrogens with one attached hydrogen (secondary N) is 1. The summed E-state index contributed by atoms with van der Waals surface area (Å²) in [5.74, 6) is 1.26. The van der Waals surface area contributed by atoms with Crippen LogP contribution in [-0.2, 0) is 14.3 Å². The summed E-state index contributed by atoms with van der Waals surface area (Å²) < 4.78 is 5.33. The van der Waals surface area contributed by atoms with Crippen LogP contribution in [0.2, 0.25) is 0 Å². The van der Waals surface area contributed by atoms with Crippen molar-refractivity contribution >= 4 is 41.8 Å². The highest BCUT2D eigenvalue weighted by atomic mass is 127. The van der Waals surface area contributed by atoms with Crippen molar-refractivity contribution in [1.82, 2.24) is 24.9 Å². The molecule has 2 heterocycles. The number of carbonyl (C=O) groups is 2. The number of morpholine rings is 1. The van der Waals surface area contributed by atoms with E-state index in [2.05, 4.69) is 20.1 Å². The van der Waals surface area contributed by atoms with Crippen LogP contribution in [-0.4, -0.2) is 124 Å². The highest BCUT2D eigenvalue weighted by Gasteiger charge is 2.42. The van der Waals surface area contributed by atoms with Crippen LogP contribution in [0, 0.1) is 5.41 Å². The number of carbonyl (C=O) groups excluding carboxylic acids is 2. The van der Waals surface area contributed by atoms with Crippen molar-refractivity contribution in [1.29, 1.82) is 0 Å². The van der Waals surface area contributed by atoms with E-state index in [1.165, 1.54) is 0 Å². The minimum atomic E-state index is -0.314. The minimum absolute atomic E-state index is 0. The van der Waals surface area contributed by atoms with E-state index < -0.39 is 0 Å². The Bertz CT molecular complexity index is 625. The fraction of sp³-hybridized carbons (Fsp3) is 0.857. The van der Waals surface area contributed by atoms with Gasteiger partial charge in [-0.1, -0.05) is 12.8 Å². The third kappa shape index (κ3) is 6.67. The molecule has 0 aromatic carbocycles. The van der Waals surface area contributed by atoms with Crippen molar-refractivity contribution in [2.75, 3.05) is 86.7 Å². The second kappa shape index (κ2) is 12.2. The molecule has 2 saturated heterocycles. The third-order valence-electron chi connectivity index (χ3n) is 6.61. The summed E-state index contributed by atoms with van der Waals surface area (Å²) in [5, 5.41) is 3.49. The fourth-order valence-electron chi connectivity index (χ4n) is 4.79. The quantitative estimate of drug-likeness (QED) is 0.302. The van der Waals surface area contributed by atoms with Crippen LogP contribution in [0.3, 0.4) is 0 Å². The molecular formula is C21H39IN6O3. The molecule has 2 amide bonds. The van der Waals surface area contributed by atoms with Gasteiger partial charge in [0.25, 0.3) is 0 Å². The molecule has 0 aromatic rings. The molecule has 0 atom stereocenters. The Kier molecular flexibility index (Phi) is 10.3. The van der Waals surface area contributed by atoms with Crippen molar-refractivity contribution in [2.45, 2.75) is 25.7 Å². The predicted octanol–water partition coefficient (Wildman–Crippen LogP) is 0.305.